The van der Waals surface area contributed by atoms with E-state index in [0.29, 0.717) is 15.4 Å². The van der Waals surface area contributed by atoms with Crippen LogP contribution in [0, 0.1) is 5.92 Å². The van der Waals surface area contributed by atoms with Gasteiger partial charge in [-0.15, -0.1) is 0 Å². The van der Waals surface area contributed by atoms with Gasteiger partial charge < -0.3 is 10.6 Å². The molecule has 0 spiro atoms. The lowest BCUT2D eigenvalue weighted by Crippen LogP contribution is -2.47. The lowest BCUT2D eigenvalue weighted by Gasteiger charge is -2.23. The summed E-state index contributed by atoms with van der Waals surface area (Å²) in [7, 11) is 0. The van der Waals surface area contributed by atoms with Crippen LogP contribution in [0.4, 0.5) is 0 Å². The Morgan fingerprint density at radius 1 is 1.62 bits per heavy atom. The first kappa shape index (κ1) is 10.5. The molecule has 1 aromatic rings. The van der Waals surface area contributed by atoms with E-state index in [4.69, 9.17) is 11.6 Å². The van der Waals surface area contributed by atoms with Crippen LogP contribution in [0.15, 0.2) is 6.20 Å². The van der Waals surface area contributed by atoms with Gasteiger partial charge in [-0.1, -0.05) is 22.9 Å². The number of hydrogen-bond acceptors (Lipinski definition) is 4. The maximum absolute atomic E-state index is 11.8. The van der Waals surface area contributed by atoms with E-state index in [1.54, 1.807) is 0 Å². The number of amides is 1. The summed E-state index contributed by atoms with van der Waals surface area (Å²) in [5.74, 6) is 0.631. The number of halogens is 1. The summed E-state index contributed by atoms with van der Waals surface area (Å²) in [6.45, 7) is 1.10. The van der Waals surface area contributed by atoms with Gasteiger partial charge in [0.05, 0.1) is 6.20 Å². The van der Waals surface area contributed by atoms with Gasteiger partial charge in [-0.2, -0.15) is 0 Å². The molecule has 6 heteroatoms. The smallest absolute Gasteiger partial charge is 0.280 e. The molecule has 1 aromatic heterocycles. The number of nitrogens with one attached hydrogen (secondary N) is 2. The Labute approximate surface area is 102 Å². The summed E-state index contributed by atoms with van der Waals surface area (Å²) in [5, 5.41) is 6.89. The number of piperidine rings is 1. The van der Waals surface area contributed by atoms with E-state index < -0.39 is 0 Å². The number of rotatable bonds is 2. The average molecular weight is 258 g/mol. The predicted octanol–water partition coefficient (Wildman–Crippen LogP) is 1.28. The minimum absolute atomic E-state index is 0.101. The van der Waals surface area contributed by atoms with Crippen molar-refractivity contribution in [1.29, 1.82) is 0 Å². The van der Waals surface area contributed by atoms with Crippen LogP contribution in [-0.2, 0) is 0 Å². The molecule has 2 fully saturated rings. The minimum atomic E-state index is -0.101. The number of thiazole rings is 1. The molecular formula is C10H12ClN3OS. The van der Waals surface area contributed by atoms with Gasteiger partial charge in [-0.05, 0) is 25.3 Å². The summed E-state index contributed by atoms with van der Waals surface area (Å²) in [4.78, 5) is 15.8. The molecule has 1 amide bonds. The number of hydrogen-bond donors (Lipinski definition) is 2. The van der Waals surface area contributed by atoms with Crippen LogP contribution < -0.4 is 10.6 Å². The van der Waals surface area contributed by atoms with Crippen molar-refractivity contribution in [1.82, 2.24) is 15.6 Å². The number of aromatic nitrogens is 1. The van der Waals surface area contributed by atoms with Crippen LogP contribution in [-0.4, -0.2) is 29.5 Å². The highest BCUT2D eigenvalue weighted by Gasteiger charge is 2.40. The lowest BCUT2D eigenvalue weighted by molar-refractivity contribution is 0.0928. The third kappa shape index (κ3) is 1.83. The molecule has 2 N–H and O–H groups in total. The molecule has 86 valence electrons. The second-order valence-corrected chi connectivity index (χ2v) is 6.06. The molecule has 0 unspecified atom stereocenters. The highest BCUT2D eigenvalue weighted by molar-refractivity contribution is 7.17. The van der Waals surface area contributed by atoms with E-state index in [9.17, 15) is 4.79 Å². The van der Waals surface area contributed by atoms with Gasteiger partial charge in [-0.25, -0.2) is 4.98 Å². The van der Waals surface area contributed by atoms with Gasteiger partial charge in [-0.3, -0.25) is 4.79 Å². The summed E-state index contributed by atoms with van der Waals surface area (Å²) in [6, 6.07) is 0.707. The van der Waals surface area contributed by atoms with Gasteiger partial charge in [0.1, 0.15) is 4.34 Å². The minimum Gasteiger partial charge on any atom is -0.346 e. The molecule has 16 heavy (non-hydrogen) atoms. The fourth-order valence-electron chi connectivity index (χ4n) is 2.60. The fourth-order valence-corrected chi connectivity index (χ4v) is 3.42. The molecule has 3 atom stereocenters. The SMILES string of the molecule is O=C(N[C@@H]1C[C@H]2CN[C@H]1C2)c1ncc(Cl)s1. The van der Waals surface area contributed by atoms with Crippen molar-refractivity contribution >= 4 is 28.8 Å². The number of carbonyl (C=O) groups excluding carboxylic acids is 1. The maximum atomic E-state index is 11.8. The molecule has 0 radical (unpaired) electrons. The zero-order valence-electron chi connectivity index (χ0n) is 8.57. The van der Waals surface area contributed by atoms with E-state index in [1.165, 1.54) is 24.0 Å². The number of carbonyl (C=O) groups is 1. The topological polar surface area (TPSA) is 54.0 Å². The summed E-state index contributed by atoms with van der Waals surface area (Å²) < 4.78 is 0.552. The Bertz CT molecular complexity index is 422. The average Bonchev–Trinajstić information content (AvgIpc) is 2.92. The third-order valence-electron chi connectivity index (χ3n) is 3.32. The van der Waals surface area contributed by atoms with Crippen molar-refractivity contribution < 1.29 is 4.79 Å². The monoisotopic (exact) mass is 257 g/mol. The molecule has 1 saturated heterocycles. The van der Waals surface area contributed by atoms with Gasteiger partial charge in [0.15, 0.2) is 5.01 Å². The first-order chi connectivity index (χ1) is 7.72. The number of nitrogens with zero attached hydrogens (tertiary/aromatic N) is 1. The molecule has 1 saturated carbocycles. The van der Waals surface area contributed by atoms with E-state index >= 15 is 0 Å². The highest BCUT2D eigenvalue weighted by atomic mass is 35.5. The van der Waals surface area contributed by atoms with Gasteiger partial charge in [0.25, 0.3) is 5.91 Å². The largest absolute Gasteiger partial charge is 0.346 e. The van der Waals surface area contributed by atoms with Crippen LogP contribution in [0.5, 0.6) is 0 Å². The van der Waals surface area contributed by atoms with Crippen LogP contribution in [0.1, 0.15) is 22.6 Å². The molecule has 4 nitrogen and oxygen atoms in total. The molecule has 3 rings (SSSR count). The third-order valence-corrected chi connectivity index (χ3v) is 4.43. The van der Waals surface area contributed by atoms with Crippen molar-refractivity contribution in [3.8, 4) is 0 Å². The highest BCUT2D eigenvalue weighted by Crippen LogP contribution is 2.31. The fraction of sp³-hybridized carbons (Fsp3) is 0.600. The lowest BCUT2D eigenvalue weighted by atomic mass is 10.1. The van der Waals surface area contributed by atoms with Crippen LogP contribution in [0.25, 0.3) is 0 Å². The Morgan fingerprint density at radius 3 is 3.06 bits per heavy atom. The molecule has 1 aliphatic carbocycles. The van der Waals surface area contributed by atoms with Crippen molar-refractivity contribution in [2.24, 2.45) is 5.92 Å². The van der Waals surface area contributed by atoms with Gasteiger partial charge >= 0.3 is 0 Å². The van der Waals surface area contributed by atoms with Crippen molar-refractivity contribution in [3.05, 3.63) is 15.5 Å². The maximum Gasteiger partial charge on any atom is 0.280 e. The molecule has 1 aliphatic heterocycles. The van der Waals surface area contributed by atoms with E-state index in [-0.39, 0.29) is 11.9 Å². The van der Waals surface area contributed by atoms with Crippen molar-refractivity contribution in [2.75, 3.05) is 6.54 Å². The predicted molar refractivity (Wildman–Crippen MR) is 62.9 cm³/mol. The van der Waals surface area contributed by atoms with Crippen molar-refractivity contribution in [2.45, 2.75) is 24.9 Å². The first-order valence-electron chi connectivity index (χ1n) is 5.38. The summed E-state index contributed by atoms with van der Waals surface area (Å²) in [6.07, 6.45) is 3.78. The Morgan fingerprint density at radius 2 is 2.50 bits per heavy atom. The second-order valence-electron chi connectivity index (χ2n) is 4.40. The molecule has 0 aromatic carbocycles. The second kappa shape index (κ2) is 3.98. The van der Waals surface area contributed by atoms with Crippen LogP contribution in [0.3, 0.4) is 0 Å². The summed E-state index contributed by atoms with van der Waals surface area (Å²) >= 11 is 6.97. The molecule has 2 bridgehead atoms. The molecule has 2 aliphatic rings. The molecule has 2 heterocycles. The zero-order chi connectivity index (χ0) is 11.1. The van der Waals surface area contributed by atoms with Gasteiger partial charge in [0.2, 0.25) is 0 Å². The van der Waals surface area contributed by atoms with E-state index in [2.05, 4.69) is 15.6 Å². The Hall–Kier alpha value is -0.650. The van der Waals surface area contributed by atoms with E-state index in [0.717, 1.165) is 18.9 Å². The number of fused-ring (bicyclic) bond motifs is 2. The summed E-state index contributed by atoms with van der Waals surface area (Å²) in [5.41, 5.74) is 0. The van der Waals surface area contributed by atoms with Crippen molar-refractivity contribution in [3.63, 3.8) is 0 Å². The Kier molecular flexibility index (Phi) is 2.61. The standard InChI is InChI=1S/C10H12ClN3OS/c11-8-4-13-10(16-8)9(15)14-7-2-5-1-6(7)12-3-5/h4-7,12H,1-3H2,(H,14,15)/t5-,6-,7+/m0/s1. The van der Waals surface area contributed by atoms with E-state index in [1.807, 2.05) is 0 Å². The van der Waals surface area contributed by atoms with Crippen LogP contribution >= 0.6 is 22.9 Å². The zero-order valence-corrected chi connectivity index (χ0v) is 10.1. The quantitative estimate of drug-likeness (QED) is 0.839. The normalized spacial score (nSPS) is 31.9. The Balaban J connectivity index is 1.65. The van der Waals surface area contributed by atoms with Crippen LogP contribution in [0.2, 0.25) is 4.34 Å². The van der Waals surface area contributed by atoms with Gasteiger partial charge in [0, 0.05) is 12.1 Å². The molecular weight excluding hydrogens is 246 g/mol. The first-order valence-corrected chi connectivity index (χ1v) is 6.57.